The molecule has 0 saturated heterocycles. The van der Waals surface area contributed by atoms with Gasteiger partial charge in [0.25, 0.3) is 0 Å². The standard InChI is InChI=1S/C19H20ClN3/c1-14(2)23-13-16(17-8-4-6-10-19(17)23)12-22-21-11-15-7-3-5-9-18(15)20/h3-10,12-14,21H,11H2,1-2H3/b22-12-. The molecule has 0 fully saturated rings. The Labute approximate surface area is 141 Å². The summed E-state index contributed by atoms with van der Waals surface area (Å²) in [6, 6.07) is 16.6. The Bertz CT molecular complexity index is 834. The van der Waals surface area contributed by atoms with Gasteiger partial charge in [0.1, 0.15) is 0 Å². The molecule has 0 amide bonds. The van der Waals surface area contributed by atoms with Crippen molar-refractivity contribution in [3.8, 4) is 0 Å². The Kier molecular flexibility index (Phi) is 4.68. The number of halogens is 1. The highest BCUT2D eigenvalue weighted by atomic mass is 35.5. The van der Waals surface area contributed by atoms with Crippen molar-refractivity contribution in [3.63, 3.8) is 0 Å². The Morgan fingerprint density at radius 1 is 1.13 bits per heavy atom. The molecule has 3 aromatic rings. The lowest BCUT2D eigenvalue weighted by atomic mass is 10.2. The van der Waals surface area contributed by atoms with E-state index in [0.717, 1.165) is 16.1 Å². The number of fused-ring (bicyclic) bond motifs is 1. The molecule has 2 aromatic carbocycles. The highest BCUT2D eigenvalue weighted by molar-refractivity contribution is 6.31. The van der Waals surface area contributed by atoms with E-state index >= 15 is 0 Å². The molecule has 0 radical (unpaired) electrons. The second kappa shape index (κ2) is 6.88. The van der Waals surface area contributed by atoms with Crippen LogP contribution in [0.5, 0.6) is 0 Å². The molecule has 1 heterocycles. The van der Waals surface area contributed by atoms with Gasteiger partial charge in [-0.05, 0) is 31.5 Å². The largest absolute Gasteiger partial charge is 0.344 e. The van der Waals surface area contributed by atoms with Gasteiger partial charge in [0, 0.05) is 33.7 Å². The van der Waals surface area contributed by atoms with Crippen molar-refractivity contribution >= 4 is 28.7 Å². The van der Waals surface area contributed by atoms with Crippen molar-refractivity contribution in [2.24, 2.45) is 5.10 Å². The summed E-state index contributed by atoms with van der Waals surface area (Å²) in [4.78, 5) is 0. The number of hydrogen-bond donors (Lipinski definition) is 1. The number of nitrogens with zero attached hydrogens (tertiary/aromatic N) is 2. The van der Waals surface area contributed by atoms with Crippen LogP contribution in [0.25, 0.3) is 10.9 Å². The van der Waals surface area contributed by atoms with Gasteiger partial charge < -0.3 is 9.99 Å². The third-order valence-corrected chi connectivity index (χ3v) is 4.22. The van der Waals surface area contributed by atoms with Crippen molar-refractivity contribution < 1.29 is 0 Å². The molecule has 3 nitrogen and oxygen atoms in total. The van der Waals surface area contributed by atoms with Crippen LogP contribution >= 0.6 is 11.6 Å². The van der Waals surface area contributed by atoms with Crippen molar-refractivity contribution in [2.45, 2.75) is 26.4 Å². The van der Waals surface area contributed by atoms with E-state index in [4.69, 9.17) is 11.6 Å². The third kappa shape index (κ3) is 3.40. The molecule has 118 valence electrons. The third-order valence-electron chi connectivity index (χ3n) is 3.85. The minimum atomic E-state index is 0.415. The van der Waals surface area contributed by atoms with Crippen LogP contribution in [0.3, 0.4) is 0 Å². The zero-order valence-corrected chi connectivity index (χ0v) is 14.1. The fourth-order valence-corrected chi connectivity index (χ4v) is 2.85. The van der Waals surface area contributed by atoms with E-state index in [2.05, 4.69) is 59.4 Å². The highest BCUT2D eigenvalue weighted by Gasteiger charge is 2.08. The van der Waals surface area contributed by atoms with Crippen LogP contribution in [0.4, 0.5) is 0 Å². The lowest BCUT2D eigenvalue weighted by Crippen LogP contribution is -2.05. The molecule has 3 rings (SSSR count). The zero-order valence-electron chi connectivity index (χ0n) is 13.3. The first-order valence-corrected chi connectivity index (χ1v) is 8.13. The Hall–Kier alpha value is -2.26. The van der Waals surface area contributed by atoms with Gasteiger partial charge in [-0.15, -0.1) is 0 Å². The first-order valence-electron chi connectivity index (χ1n) is 7.75. The van der Waals surface area contributed by atoms with E-state index in [-0.39, 0.29) is 0 Å². The van der Waals surface area contributed by atoms with E-state index in [0.29, 0.717) is 12.6 Å². The van der Waals surface area contributed by atoms with Crippen molar-refractivity contribution in [1.82, 2.24) is 9.99 Å². The molecule has 0 aliphatic carbocycles. The molecular weight excluding hydrogens is 306 g/mol. The summed E-state index contributed by atoms with van der Waals surface area (Å²) in [7, 11) is 0. The fourth-order valence-electron chi connectivity index (χ4n) is 2.65. The predicted molar refractivity (Wildman–Crippen MR) is 98.2 cm³/mol. The molecule has 1 aromatic heterocycles. The van der Waals surface area contributed by atoms with Crippen molar-refractivity contribution in [2.75, 3.05) is 0 Å². The number of para-hydroxylation sites is 1. The highest BCUT2D eigenvalue weighted by Crippen LogP contribution is 2.23. The van der Waals surface area contributed by atoms with Crippen LogP contribution in [0.2, 0.25) is 5.02 Å². The first kappa shape index (κ1) is 15.6. The number of benzene rings is 2. The molecule has 0 spiro atoms. The number of rotatable bonds is 5. The van der Waals surface area contributed by atoms with Gasteiger partial charge in [0.2, 0.25) is 0 Å². The van der Waals surface area contributed by atoms with Gasteiger partial charge in [-0.1, -0.05) is 48.0 Å². The summed E-state index contributed by atoms with van der Waals surface area (Å²) < 4.78 is 2.27. The second-order valence-electron chi connectivity index (χ2n) is 5.79. The van der Waals surface area contributed by atoms with E-state index in [1.54, 1.807) is 0 Å². The van der Waals surface area contributed by atoms with Crippen LogP contribution in [0.15, 0.2) is 59.8 Å². The van der Waals surface area contributed by atoms with Crippen LogP contribution in [0, 0.1) is 0 Å². The normalized spacial score (nSPS) is 11.7. The molecule has 0 atom stereocenters. The monoisotopic (exact) mass is 325 g/mol. The molecule has 23 heavy (non-hydrogen) atoms. The maximum atomic E-state index is 6.14. The number of nitrogens with one attached hydrogen (secondary N) is 1. The van der Waals surface area contributed by atoms with E-state index in [1.165, 1.54) is 10.9 Å². The topological polar surface area (TPSA) is 29.3 Å². The average Bonchev–Trinajstić information content (AvgIpc) is 2.92. The van der Waals surface area contributed by atoms with Gasteiger partial charge in [-0.2, -0.15) is 5.10 Å². The smallest absolute Gasteiger partial charge is 0.0594 e. The molecule has 0 saturated carbocycles. The number of hydrogen-bond acceptors (Lipinski definition) is 2. The molecule has 1 N–H and O–H groups in total. The van der Waals surface area contributed by atoms with E-state index in [9.17, 15) is 0 Å². The average molecular weight is 326 g/mol. The Morgan fingerprint density at radius 3 is 2.65 bits per heavy atom. The summed E-state index contributed by atoms with van der Waals surface area (Å²) >= 11 is 6.14. The molecule has 0 aliphatic rings. The van der Waals surface area contributed by atoms with E-state index in [1.807, 2.05) is 30.5 Å². The molecule has 4 heteroatoms. The zero-order chi connectivity index (χ0) is 16.2. The number of hydrazone groups is 1. The van der Waals surface area contributed by atoms with Gasteiger partial charge >= 0.3 is 0 Å². The fraction of sp³-hybridized carbons (Fsp3) is 0.211. The maximum absolute atomic E-state index is 6.14. The minimum Gasteiger partial charge on any atom is -0.344 e. The summed E-state index contributed by atoms with van der Waals surface area (Å²) in [6.45, 7) is 4.98. The lowest BCUT2D eigenvalue weighted by Gasteiger charge is -2.08. The number of aromatic nitrogens is 1. The van der Waals surface area contributed by atoms with Crippen LogP contribution < -0.4 is 5.43 Å². The van der Waals surface area contributed by atoms with Gasteiger partial charge in [-0.25, -0.2) is 0 Å². The van der Waals surface area contributed by atoms with Crippen molar-refractivity contribution in [3.05, 3.63) is 70.9 Å². The molecule has 0 bridgehead atoms. The SMILES string of the molecule is CC(C)n1cc(/C=N\NCc2ccccc2Cl)c2ccccc21. The molecule has 0 unspecified atom stereocenters. The van der Waals surface area contributed by atoms with E-state index < -0.39 is 0 Å². The van der Waals surface area contributed by atoms with Crippen LogP contribution in [0.1, 0.15) is 31.0 Å². The van der Waals surface area contributed by atoms with Gasteiger partial charge in [-0.3, -0.25) is 0 Å². The molecule has 0 aliphatic heterocycles. The molecular formula is C19H20ClN3. The van der Waals surface area contributed by atoms with Gasteiger partial charge in [0.15, 0.2) is 0 Å². The quantitative estimate of drug-likeness (QED) is 0.519. The van der Waals surface area contributed by atoms with Gasteiger partial charge in [0.05, 0.1) is 12.8 Å². The maximum Gasteiger partial charge on any atom is 0.0594 e. The summed E-state index contributed by atoms with van der Waals surface area (Å²) in [5, 5.41) is 6.32. The van der Waals surface area contributed by atoms with Crippen molar-refractivity contribution in [1.29, 1.82) is 0 Å². The Balaban J connectivity index is 1.78. The second-order valence-corrected chi connectivity index (χ2v) is 6.19. The minimum absolute atomic E-state index is 0.415. The summed E-state index contributed by atoms with van der Waals surface area (Å²) in [5.41, 5.74) is 6.45. The van der Waals surface area contributed by atoms with Crippen LogP contribution in [-0.4, -0.2) is 10.8 Å². The summed E-state index contributed by atoms with van der Waals surface area (Å²) in [6.07, 6.45) is 4.02. The summed E-state index contributed by atoms with van der Waals surface area (Å²) in [5.74, 6) is 0. The lowest BCUT2D eigenvalue weighted by molar-refractivity contribution is 0.622. The predicted octanol–water partition coefficient (Wildman–Crippen LogP) is 5.00. The first-order chi connectivity index (χ1) is 11.2. The Morgan fingerprint density at radius 2 is 1.87 bits per heavy atom. The van der Waals surface area contributed by atoms with Crippen LogP contribution in [-0.2, 0) is 6.54 Å².